The monoisotopic (exact) mass is 407 g/mol. The molecule has 1 fully saturated rings. The van der Waals surface area contributed by atoms with E-state index in [2.05, 4.69) is 19.9 Å². The Kier molecular flexibility index (Phi) is 5.34. The fourth-order valence-corrected chi connectivity index (χ4v) is 5.01. The number of hydrogen-bond donors (Lipinski definition) is 2. The molecular formula is C18H22ClN5O2S. The Hall–Kier alpha value is -1.71. The highest BCUT2D eigenvalue weighted by Gasteiger charge is 2.32. The highest BCUT2D eigenvalue weighted by atomic mass is 35.5. The molecule has 0 bridgehead atoms. The summed E-state index contributed by atoms with van der Waals surface area (Å²) in [4.78, 5) is 10.4. The van der Waals surface area contributed by atoms with E-state index in [4.69, 9.17) is 11.6 Å². The molecule has 0 aliphatic carbocycles. The summed E-state index contributed by atoms with van der Waals surface area (Å²) in [6.07, 6.45) is 0. The van der Waals surface area contributed by atoms with Crippen molar-refractivity contribution in [1.82, 2.24) is 24.4 Å². The van der Waals surface area contributed by atoms with Crippen LogP contribution in [0, 0.1) is 6.92 Å². The normalized spacial score (nSPS) is 17.6. The lowest BCUT2D eigenvalue weighted by molar-refractivity contribution is 0.0946. The van der Waals surface area contributed by atoms with Crippen LogP contribution in [0.15, 0.2) is 24.3 Å². The molecule has 1 atom stereocenters. The lowest BCUT2D eigenvalue weighted by Crippen LogP contribution is -2.48. The smallest absolute Gasteiger partial charge is 0.230 e. The molecule has 3 aromatic rings. The molecule has 4 rings (SSSR count). The predicted octanol–water partition coefficient (Wildman–Crippen LogP) is 2.16. The van der Waals surface area contributed by atoms with E-state index in [0.717, 1.165) is 36.6 Å². The third-order valence-corrected chi connectivity index (χ3v) is 6.36. The largest absolute Gasteiger partial charge is 0.492 e. The van der Waals surface area contributed by atoms with Crippen LogP contribution in [0.4, 0.5) is 0 Å². The number of hydrogen-bond acceptors (Lipinski definition) is 7. The van der Waals surface area contributed by atoms with Crippen molar-refractivity contribution in [3.8, 4) is 5.88 Å². The Morgan fingerprint density at radius 1 is 1.22 bits per heavy atom. The molecule has 1 aromatic carbocycles. The van der Waals surface area contributed by atoms with Crippen LogP contribution in [0.1, 0.15) is 22.3 Å². The summed E-state index contributed by atoms with van der Waals surface area (Å²) in [5.74, 6) is 0.758. The highest BCUT2D eigenvalue weighted by Crippen LogP contribution is 2.42. The van der Waals surface area contributed by atoms with E-state index in [1.165, 1.54) is 15.9 Å². The Bertz CT molecular complexity index is 935. The Balaban J connectivity index is 1.73. The second-order valence-electron chi connectivity index (χ2n) is 6.67. The molecule has 144 valence electrons. The number of β-amino-alcohol motifs (C(OH)–C–C–N with tert-alkyl or cyclic N) is 1. The van der Waals surface area contributed by atoms with Gasteiger partial charge >= 0.3 is 0 Å². The molecule has 2 aromatic heterocycles. The van der Waals surface area contributed by atoms with Gasteiger partial charge in [-0.25, -0.2) is 4.98 Å². The van der Waals surface area contributed by atoms with Crippen molar-refractivity contribution < 1.29 is 10.2 Å². The maximum atomic E-state index is 10.8. The standard InChI is InChI=1S/C18H22ClN5O2S/c1-12-20-18-24(21-12)17(26)16(27-18)15(13-4-2-3-5-14(13)19)23-8-6-22(7-9-23)10-11-25/h2-5,15,25-26H,6-11H2,1H3. The van der Waals surface area contributed by atoms with Crippen LogP contribution in [-0.2, 0) is 0 Å². The number of aliphatic hydroxyl groups excluding tert-OH is 1. The fourth-order valence-electron chi connectivity index (χ4n) is 3.61. The molecule has 0 saturated carbocycles. The maximum absolute atomic E-state index is 10.8. The van der Waals surface area contributed by atoms with Gasteiger partial charge in [-0.15, -0.1) is 5.10 Å². The number of halogens is 1. The van der Waals surface area contributed by atoms with E-state index in [1.807, 2.05) is 31.2 Å². The molecule has 0 spiro atoms. The summed E-state index contributed by atoms with van der Waals surface area (Å²) >= 11 is 7.98. The van der Waals surface area contributed by atoms with Crippen molar-refractivity contribution in [2.45, 2.75) is 13.0 Å². The zero-order valence-corrected chi connectivity index (χ0v) is 16.6. The van der Waals surface area contributed by atoms with Crippen molar-refractivity contribution >= 4 is 27.9 Å². The molecule has 7 nitrogen and oxygen atoms in total. The van der Waals surface area contributed by atoms with Crippen LogP contribution in [0.5, 0.6) is 5.88 Å². The molecule has 1 unspecified atom stereocenters. The van der Waals surface area contributed by atoms with Crippen LogP contribution in [0.2, 0.25) is 5.02 Å². The average molecular weight is 408 g/mol. The van der Waals surface area contributed by atoms with E-state index in [-0.39, 0.29) is 18.5 Å². The first-order valence-electron chi connectivity index (χ1n) is 8.95. The Morgan fingerprint density at radius 2 is 1.96 bits per heavy atom. The van der Waals surface area contributed by atoms with E-state index >= 15 is 0 Å². The minimum atomic E-state index is -0.163. The van der Waals surface area contributed by atoms with E-state index in [1.54, 1.807) is 0 Å². The van der Waals surface area contributed by atoms with Gasteiger partial charge in [-0.3, -0.25) is 9.80 Å². The summed E-state index contributed by atoms with van der Waals surface area (Å²) in [5.41, 5.74) is 0.964. The van der Waals surface area contributed by atoms with Gasteiger partial charge in [0.25, 0.3) is 0 Å². The van der Waals surface area contributed by atoms with Gasteiger partial charge in [0, 0.05) is 37.7 Å². The third-order valence-electron chi connectivity index (χ3n) is 4.94. The van der Waals surface area contributed by atoms with Crippen LogP contribution in [0.3, 0.4) is 0 Å². The third kappa shape index (κ3) is 3.55. The van der Waals surface area contributed by atoms with Gasteiger partial charge in [-0.05, 0) is 18.6 Å². The molecule has 27 heavy (non-hydrogen) atoms. The number of nitrogens with zero attached hydrogens (tertiary/aromatic N) is 5. The average Bonchev–Trinajstić information content (AvgIpc) is 3.16. The number of benzene rings is 1. The summed E-state index contributed by atoms with van der Waals surface area (Å²) in [6, 6.07) is 7.60. The number of aliphatic hydroxyl groups is 1. The number of rotatable bonds is 5. The summed E-state index contributed by atoms with van der Waals surface area (Å²) in [7, 11) is 0. The van der Waals surface area contributed by atoms with Gasteiger partial charge in [0.15, 0.2) is 0 Å². The molecule has 1 aliphatic heterocycles. The van der Waals surface area contributed by atoms with E-state index in [0.29, 0.717) is 22.4 Å². The number of piperazine rings is 1. The first-order valence-corrected chi connectivity index (χ1v) is 10.1. The number of aromatic nitrogens is 3. The van der Waals surface area contributed by atoms with Gasteiger partial charge in [-0.1, -0.05) is 41.1 Å². The van der Waals surface area contributed by atoms with Gasteiger partial charge in [-0.2, -0.15) is 4.52 Å². The van der Waals surface area contributed by atoms with Crippen molar-refractivity contribution in [3.05, 3.63) is 45.6 Å². The topological polar surface area (TPSA) is 77.1 Å². The van der Waals surface area contributed by atoms with Crippen LogP contribution < -0.4 is 0 Å². The lowest BCUT2D eigenvalue weighted by atomic mass is 10.0. The molecule has 0 radical (unpaired) electrons. The molecule has 0 amide bonds. The number of fused-ring (bicyclic) bond motifs is 1. The SMILES string of the molecule is Cc1nc2sc(C(c3ccccc3Cl)N3CCN(CCO)CC3)c(O)n2n1. The molecule has 1 saturated heterocycles. The lowest BCUT2D eigenvalue weighted by Gasteiger charge is -2.39. The number of aryl methyl sites for hydroxylation is 1. The predicted molar refractivity (Wildman–Crippen MR) is 106 cm³/mol. The van der Waals surface area contributed by atoms with Gasteiger partial charge in [0.1, 0.15) is 5.82 Å². The molecule has 3 heterocycles. The second kappa shape index (κ2) is 7.73. The van der Waals surface area contributed by atoms with Crippen LogP contribution >= 0.6 is 22.9 Å². The van der Waals surface area contributed by atoms with Gasteiger partial charge in [0.05, 0.1) is 17.5 Å². The second-order valence-corrected chi connectivity index (χ2v) is 8.08. The molecule has 2 N–H and O–H groups in total. The van der Waals surface area contributed by atoms with Crippen molar-refractivity contribution in [2.24, 2.45) is 0 Å². The molecular weight excluding hydrogens is 386 g/mol. The minimum absolute atomic E-state index is 0.123. The summed E-state index contributed by atoms with van der Waals surface area (Å²) in [5, 5.41) is 25.0. The van der Waals surface area contributed by atoms with Crippen molar-refractivity contribution in [3.63, 3.8) is 0 Å². The number of aromatic hydroxyl groups is 1. The minimum Gasteiger partial charge on any atom is -0.492 e. The van der Waals surface area contributed by atoms with Crippen molar-refractivity contribution in [1.29, 1.82) is 0 Å². The van der Waals surface area contributed by atoms with Crippen LogP contribution in [-0.4, -0.2) is 73.9 Å². The van der Waals surface area contributed by atoms with Gasteiger partial charge in [0.2, 0.25) is 10.8 Å². The molecule has 1 aliphatic rings. The van der Waals surface area contributed by atoms with Crippen molar-refractivity contribution in [2.75, 3.05) is 39.3 Å². The van der Waals surface area contributed by atoms with Gasteiger partial charge < -0.3 is 10.2 Å². The maximum Gasteiger partial charge on any atom is 0.230 e. The Morgan fingerprint density at radius 3 is 2.63 bits per heavy atom. The van der Waals surface area contributed by atoms with E-state index in [9.17, 15) is 10.2 Å². The number of thiazole rings is 1. The Labute approximate surface area is 166 Å². The first kappa shape index (κ1) is 18.6. The zero-order chi connectivity index (χ0) is 19.0. The zero-order valence-electron chi connectivity index (χ0n) is 15.0. The van der Waals surface area contributed by atoms with E-state index < -0.39 is 0 Å². The molecule has 9 heteroatoms. The fraction of sp³-hybridized carbons (Fsp3) is 0.444. The first-order chi connectivity index (χ1) is 13.1. The quantitative estimate of drug-likeness (QED) is 0.675. The summed E-state index contributed by atoms with van der Waals surface area (Å²) < 4.78 is 1.50. The summed E-state index contributed by atoms with van der Waals surface area (Å²) in [6.45, 7) is 6.03. The highest BCUT2D eigenvalue weighted by molar-refractivity contribution is 7.17. The van der Waals surface area contributed by atoms with Crippen LogP contribution in [0.25, 0.3) is 4.96 Å².